The highest BCUT2D eigenvalue weighted by atomic mass is 16.8. The molecule has 12 heteroatoms. The normalized spacial score (nSPS) is 14.6. The molecule has 0 bridgehead atoms. The van der Waals surface area contributed by atoms with Crippen LogP contribution in [0.5, 0.6) is 11.5 Å². The summed E-state index contributed by atoms with van der Waals surface area (Å²) in [6.45, 7) is 12.9. The molecule has 5 atom stereocenters. The van der Waals surface area contributed by atoms with E-state index >= 15 is 0 Å². The Morgan fingerprint density at radius 3 is 1.85 bits per heavy atom. The van der Waals surface area contributed by atoms with Gasteiger partial charge in [-0.25, -0.2) is 14.4 Å². The van der Waals surface area contributed by atoms with E-state index in [9.17, 15) is 24.3 Å². The molecule has 0 spiro atoms. The zero-order valence-electron chi connectivity index (χ0n) is 24.4. The first-order chi connectivity index (χ1) is 18.9. The minimum atomic E-state index is -1.15. The quantitative estimate of drug-likeness (QED) is 0.147. The Kier molecular flexibility index (Phi) is 15.5. The average Bonchev–Trinajstić information content (AvgIpc) is 2.90. The van der Waals surface area contributed by atoms with Crippen LogP contribution in [-0.2, 0) is 30.2 Å². The number of benzene rings is 1. The molecule has 40 heavy (non-hydrogen) atoms. The van der Waals surface area contributed by atoms with E-state index in [0.717, 1.165) is 6.42 Å². The molecule has 2 N–H and O–H groups in total. The Labute approximate surface area is 235 Å². The van der Waals surface area contributed by atoms with Crippen LogP contribution in [0, 0.1) is 5.92 Å². The van der Waals surface area contributed by atoms with E-state index in [-0.39, 0.29) is 43.1 Å². The van der Waals surface area contributed by atoms with Crippen molar-refractivity contribution in [1.82, 2.24) is 5.32 Å². The fourth-order valence-electron chi connectivity index (χ4n) is 2.93. The van der Waals surface area contributed by atoms with Crippen molar-refractivity contribution in [2.45, 2.75) is 98.5 Å². The molecule has 0 radical (unpaired) electrons. The van der Waals surface area contributed by atoms with E-state index in [1.807, 2.05) is 27.7 Å². The number of ether oxygens (including phenoxy) is 6. The van der Waals surface area contributed by atoms with Gasteiger partial charge in [0, 0.05) is 6.54 Å². The Hall–Kier alpha value is -3.54. The summed E-state index contributed by atoms with van der Waals surface area (Å²) in [7, 11) is 0. The van der Waals surface area contributed by atoms with E-state index in [1.54, 1.807) is 20.8 Å². The van der Waals surface area contributed by atoms with Crippen LogP contribution in [0.25, 0.3) is 0 Å². The highest BCUT2D eigenvalue weighted by Crippen LogP contribution is 2.30. The van der Waals surface area contributed by atoms with Crippen LogP contribution >= 0.6 is 0 Å². The van der Waals surface area contributed by atoms with Gasteiger partial charge in [-0.2, -0.15) is 0 Å². The molecule has 0 saturated carbocycles. The molecule has 4 unspecified atom stereocenters. The van der Waals surface area contributed by atoms with E-state index in [2.05, 4.69) is 5.32 Å². The Balaban J connectivity index is 2.96. The molecule has 0 heterocycles. The Morgan fingerprint density at radius 1 is 0.775 bits per heavy atom. The third-order valence-electron chi connectivity index (χ3n) is 6.01. The maximum atomic E-state index is 12.3. The minimum absolute atomic E-state index is 0.0329. The fourth-order valence-corrected chi connectivity index (χ4v) is 2.93. The van der Waals surface area contributed by atoms with Gasteiger partial charge in [-0.3, -0.25) is 4.79 Å². The molecule has 0 aliphatic rings. The molecule has 0 aromatic heterocycles. The van der Waals surface area contributed by atoms with Crippen LogP contribution in [0.4, 0.5) is 14.4 Å². The molecule has 0 saturated heterocycles. The number of aliphatic carboxylic acids is 1. The molecule has 0 fully saturated rings. The Bertz CT molecular complexity index is 968. The number of hydrogen-bond acceptors (Lipinski definition) is 11. The molecule has 0 amide bonds. The second kappa shape index (κ2) is 17.9. The standard InChI is InChI=1S/C28H43NO11/c1-8-17(4)16-35-26(32)38-20(7)15-29-22(25(30)31)13-21-11-12-23(39-27(33)36-18(5)9-2)24(14-21)40-28(34)37-19(6)10-3/h11-12,14,17-20,22,29H,8-10,13,15-16H2,1-7H3,(H,30,31)/t17?,18?,19?,20?,22-/m0/s1. The second-order valence-corrected chi connectivity index (χ2v) is 9.66. The number of hydrogen-bond donors (Lipinski definition) is 2. The lowest BCUT2D eigenvalue weighted by atomic mass is 10.0. The number of rotatable bonds is 16. The number of carboxylic acid groups (broad SMARTS) is 1. The topological polar surface area (TPSA) is 156 Å². The van der Waals surface area contributed by atoms with Crippen molar-refractivity contribution in [3.8, 4) is 11.5 Å². The van der Waals surface area contributed by atoms with E-state index in [1.165, 1.54) is 18.2 Å². The fraction of sp³-hybridized carbons (Fsp3) is 0.643. The van der Waals surface area contributed by atoms with Gasteiger partial charge in [0.25, 0.3) is 0 Å². The third-order valence-corrected chi connectivity index (χ3v) is 6.01. The van der Waals surface area contributed by atoms with Crippen LogP contribution in [0.15, 0.2) is 18.2 Å². The van der Waals surface area contributed by atoms with Crippen LogP contribution in [0.1, 0.15) is 73.3 Å². The lowest BCUT2D eigenvalue weighted by Gasteiger charge is -2.19. The first-order valence-electron chi connectivity index (χ1n) is 13.6. The maximum absolute atomic E-state index is 12.3. The Morgan fingerprint density at radius 2 is 1.32 bits per heavy atom. The lowest BCUT2D eigenvalue weighted by Crippen LogP contribution is -2.42. The smallest absolute Gasteiger partial charge is 0.480 e. The van der Waals surface area contributed by atoms with Gasteiger partial charge < -0.3 is 38.8 Å². The summed E-state index contributed by atoms with van der Waals surface area (Å²) in [5.41, 5.74) is 0.454. The van der Waals surface area contributed by atoms with Gasteiger partial charge in [-0.1, -0.05) is 40.2 Å². The predicted octanol–water partition coefficient (Wildman–Crippen LogP) is 5.49. The molecular formula is C28H43NO11. The largest absolute Gasteiger partial charge is 0.514 e. The second-order valence-electron chi connectivity index (χ2n) is 9.66. The van der Waals surface area contributed by atoms with Crippen molar-refractivity contribution in [3.05, 3.63) is 23.8 Å². The number of carboxylic acids is 1. The molecule has 0 aliphatic carbocycles. The molecule has 226 valence electrons. The van der Waals surface area contributed by atoms with Gasteiger partial charge in [-0.05, 0) is 63.6 Å². The lowest BCUT2D eigenvalue weighted by molar-refractivity contribution is -0.139. The van der Waals surface area contributed by atoms with Crippen LogP contribution in [0.3, 0.4) is 0 Å². The zero-order chi connectivity index (χ0) is 30.2. The van der Waals surface area contributed by atoms with E-state index in [4.69, 9.17) is 28.4 Å². The van der Waals surface area contributed by atoms with Crippen molar-refractivity contribution in [2.24, 2.45) is 5.92 Å². The van der Waals surface area contributed by atoms with E-state index in [0.29, 0.717) is 18.4 Å². The van der Waals surface area contributed by atoms with Crippen LogP contribution < -0.4 is 14.8 Å². The number of carbonyl (C=O) groups is 4. The van der Waals surface area contributed by atoms with Crippen molar-refractivity contribution in [3.63, 3.8) is 0 Å². The summed E-state index contributed by atoms with van der Waals surface area (Å²) in [6.07, 6.45) is -2.32. The summed E-state index contributed by atoms with van der Waals surface area (Å²) in [5, 5.41) is 12.6. The summed E-state index contributed by atoms with van der Waals surface area (Å²) in [4.78, 5) is 48.2. The number of carbonyl (C=O) groups excluding carboxylic acids is 3. The highest BCUT2D eigenvalue weighted by molar-refractivity contribution is 5.74. The van der Waals surface area contributed by atoms with Gasteiger partial charge in [0.2, 0.25) is 0 Å². The van der Waals surface area contributed by atoms with Gasteiger partial charge in [0.1, 0.15) is 24.4 Å². The highest BCUT2D eigenvalue weighted by Gasteiger charge is 2.23. The summed E-state index contributed by atoms with van der Waals surface area (Å²) in [5.74, 6) is -1.19. The van der Waals surface area contributed by atoms with Gasteiger partial charge in [0.15, 0.2) is 11.5 Å². The summed E-state index contributed by atoms with van der Waals surface area (Å²) in [6, 6.07) is 3.21. The summed E-state index contributed by atoms with van der Waals surface area (Å²) < 4.78 is 31.0. The van der Waals surface area contributed by atoms with Crippen molar-refractivity contribution < 1.29 is 52.7 Å². The average molecular weight is 570 g/mol. The predicted molar refractivity (Wildman–Crippen MR) is 145 cm³/mol. The van der Waals surface area contributed by atoms with Crippen LogP contribution in [-0.4, -0.2) is 67.0 Å². The number of nitrogens with one attached hydrogen (secondary N) is 1. The van der Waals surface area contributed by atoms with Gasteiger partial charge >= 0.3 is 24.4 Å². The molecule has 1 aromatic rings. The zero-order valence-corrected chi connectivity index (χ0v) is 24.4. The third kappa shape index (κ3) is 13.5. The molecule has 0 aliphatic heterocycles. The molecule has 1 aromatic carbocycles. The first-order valence-corrected chi connectivity index (χ1v) is 13.6. The molecule has 12 nitrogen and oxygen atoms in total. The minimum Gasteiger partial charge on any atom is -0.480 e. The SMILES string of the molecule is CCC(C)COC(=O)OC(C)CN[C@@H](Cc1ccc(OC(=O)OC(C)CC)c(OC(=O)OC(C)CC)c1)C(=O)O. The van der Waals surface area contributed by atoms with Gasteiger partial charge in [-0.15, -0.1) is 0 Å². The molecular weight excluding hydrogens is 526 g/mol. The van der Waals surface area contributed by atoms with Gasteiger partial charge in [0.05, 0.1) is 6.61 Å². The first kappa shape index (κ1) is 34.5. The van der Waals surface area contributed by atoms with Crippen molar-refractivity contribution in [2.75, 3.05) is 13.2 Å². The monoisotopic (exact) mass is 569 g/mol. The van der Waals surface area contributed by atoms with E-state index < -0.39 is 42.7 Å². The van der Waals surface area contributed by atoms with Crippen molar-refractivity contribution in [1.29, 1.82) is 0 Å². The maximum Gasteiger partial charge on any atom is 0.514 e. The molecule has 1 rings (SSSR count). The van der Waals surface area contributed by atoms with Crippen LogP contribution in [0.2, 0.25) is 0 Å². The summed E-state index contributed by atoms with van der Waals surface area (Å²) >= 11 is 0. The van der Waals surface area contributed by atoms with Crippen molar-refractivity contribution >= 4 is 24.4 Å².